The van der Waals surface area contributed by atoms with Gasteiger partial charge in [-0.3, -0.25) is 4.79 Å². The second-order valence-electron chi connectivity index (χ2n) is 4.13. The number of carbonyl (C=O) groups excluding carboxylic acids is 1. The SMILES string of the molecule is CC(CCO)CNC(=O)C(N)C(C)C. The Bertz CT molecular complexity index is 172. The number of aliphatic hydroxyl groups is 1. The molecule has 0 aromatic rings. The average molecular weight is 202 g/mol. The maximum absolute atomic E-state index is 11.4. The first-order valence-corrected chi connectivity index (χ1v) is 5.13. The first-order valence-electron chi connectivity index (χ1n) is 5.13. The Morgan fingerprint density at radius 2 is 2.00 bits per heavy atom. The number of nitrogens with one attached hydrogen (secondary N) is 1. The fraction of sp³-hybridized carbons (Fsp3) is 0.900. The highest BCUT2D eigenvalue weighted by Crippen LogP contribution is 2.00. The smallest absolute Gasteiger partial charge is 0.237 e. The third-order valence-corrected chi connectivity index (χ3v) is 2.27. The molecule has 0 aliphatic rings. The van der Waals surface area contributed by atoms with Gasteiger partial charge in [0.2, 0.25) is 5.91 Å². The second kappa shape index (κ2) is 6.79. The minimum Gasteiger partial charge on any atom is -0.396 e. The van der Waals surface area contributed by atoms with Gasteiger partial charge in [0.05, 0.1) is 6.04 Å². The fourth-order valence-corrected chi connectivity index (χ4v) is 1.02. The van der Waals surface area contributed by atoms with Crippen LogP contribution in [0.2, 0.25) is 0 Å². The van der Waals surface area contributed by atoms with Gasteiger partial charge in [-0.05, 0) is 18.3 Å². The van der Waals surface area contributed by atoms with E-state index in [1.165, 1.54) is 0 Å². The highest BCUT2D eigenvalue weighted by molar-refractivity contribution is 5.81. The molecule has 0 rings (SSSR count). The van der Waals surface area contributed by atoms with Crippen molar-refractivity contribution < 1.29 is 9.90 Å². The number of rotatable bonds is 6. The summed E-state index contributed by atoms with van der Waals surface area (Å²) in [5, 5.41) is 11.4. The van der Waals surface area contributed by atoms with E-state index in [-0.39, 0.29) is 18.4 Å². The van der Waals surface area contributed by atoms with E-state index >= 15 is 0 Å². The van der Waals surface area contributed by atoms with Gasteiger partial charge in [-0.25, -0.2) is 0 Å². The molecular formula is C10H22N2O2. The molecule has 0 radical (unpaired) electrons. The zero-order valence-corrected chi connectivity index (χ0v) is 9.29. The fourth-order valence-electron chi connectivity index (χ4n) is 1.02. The largest absolute Gasteiger partial charge is 0.396 e. The number of hydrogen-bond acceptors (Lipinski definition) is 3. The van der Waals surface area contributed by atoms with E-state index in [0.29, 0.717) is 18.9 Å². The Labute approximate surface area is 85.9 Å². The van der Waals surface area contributed by atoms with Crippen LogP contribution in [-0.4, -0.2) is 30.2 Å². The molecule has 4 nitrogen and oxygen atoms in total. The van der Waals surface area contributed by atoms with Crippen LogP contribution < -0.4 is 11.1 Å². The number of amides is 1. The van der Waals surface area contributed by atoms with Gasteiger partial charge in [-0.1, -0.05) is 20.8 Å². The van der Waals surface area contributed by atoms with Gasteiger partial charge in [-0.15, -0.1) is 0 Å². The molecule has 2 atom stereocenters. The summed E-state index contributed by atoms with van der Waals surface area (Å²) >= 11 is 0. The lowest BCUT2D eigenvalue weighted by atomic mass is 10.0. The number of hydrogen-bond donors (Lipinski definition) is 3. The van der Waals surface area contributed by atoms with Crippen molar-refractivity contribution >= 4 is 5.91 Å². The molecule has 0 aliphatic heterocycles. The molecule has 0 aliphatic carbocycles. The Balaban J connectivity index is 3.73. The van der Waals surface area contributed by atoms with Crippen LogP contribution in [0.5, 0.6) is 0 Å². The molecule has 0 saturated carbocycles. The summed E-state index contributed by atoms with van der Waals surface area (Å²) in [6.45, 7) is 6.56. The second-order valence-corrected chi connectivity index (χ2v) is 4.13. The highest BCUT2D eigenvalue weighted by atomic mass is 16.3. The molecule has 0 aromatic heterocycles. The van der Waals surface area contributed by atoms with Crippen molar-refractivity contribution in [3.63, 3.8) is 0 Å². The Morgan fingerprint density at radius 1 is 1.43 bits per heavy atom. The van der Waals surface area contributed by atoms with Crippen LogP contribution in [0.3, 0.4) is 0 Å². The topological polar surface area (TPSA) is 75.3 Å². The summed E-state index contributed by atoms with van der Waals surface area (Å²) in [5.74, 6) is 0.344. The van der Waals surface area contributed by atoms with Gasteiger partial charge in [0.1, 0.15) is 0 Å². The van der Waals surface area contributed by atoms with Crippen LogP contribution in [0.4, 0.5) is 0 Å². The lowest BCUT2D eigenvalue weighted by molar-refractivity contribution is -0.123. The molecule has 4 N–H and O–H groups in total. The van der Waals surface area contributed by atoms with Crippen molar-refractivity contribution in [3.8, 4) is 0 Å². The van der Waals surface area contributed by atoms with E-state index in [9.17, 15) is 4.79 Å². The molecule has 0 heterocycles. The molecule has 0 spiro atoms. The van der Waals surface area contributed by atoms with Gasteiger partial charge >= 0.3 is 0 Å². The first-order chi connectivity index (χ1) is 6.49. The normalized spacial score (nSPS) is 15.3. The van der Waals surface area contributed by atoms with E-state index in [1.807, 2.05) is 20.8 Å². The summed E-state index contributed by atoms with van der Waals surface area (Å²) in [6.07, 6.45) is 0.706. The van der Waals surface area contributed by atoms with Crippen molar-refractivity contribution in [2.24, 2.45) is 17.6 Å². The molecule has 1 amide bonds. The van der Waals surface area contributed by atoms with Gasteiger partial charge in [0.25, 0.3) is 0 Å². The van der Waals surface area contributed by atoms with Crippen LogP contribution in [0, 0.1) is 11.8 Å². The van der Waals surface area contributed by atoms with Crippen molar-refractivity contribution in [1.29, 1.82) is 0 Å². The molecule has 4 heteroatoms. The predicted molar refractivity (Wildman–Crippen MR) is 56.7 cm³/mol. The van der Waals surface area contributed by atoms with Crippen LogP contribution in [0.15, 0.2) is 0 Å². The molecule has 0 fully saturated rings. The quantitative estimate of drug-likeness (QED) is 0.572. The monoisotopic (exact) mass is 202 g/mol. The van der Waals surface area contributed by atoms with E-state index in [0.717, 1.165) is 0 Å². The highest BCUT2D eigenvalue weighted by Gasteiger charge is 2.16. The zero-order chi connectivity index (χ0) is 11.1. The van der Waals surface area contributed by atoms with Crippen molar-refractivity contribution in [3.05, 3.63) is 0 Å². The molecule has 14 heavy (non-hydrogen) atoms. The van der Waals surface area contributed by atoms with Crippen LogP contribution in [0.25, 0.3) is 0 Å². The maximum Gasteiger partial charge on any atom is 0.237 e. The molecule has 0 saturated heterocycles. The number of nitrogens with two attached hydrogens (primary N) is 1. The van der Waals surface area contributed by atoms with Gasteiger partial charge in [0, 0.05) is 13.2 Å². The van der Waals surface area contributed by atoms with E-state index in [4.69, 9.17) is 10.8 Å². The van der Waals surface area contributed by atoms with Crippen molar-refractivity contribution in [2.75, 3.05) is 13.2 Å². The molecular weight excluding hydrogens is 180 g/mol. The van der Waals surface area contributed by atoms with Crippen LogP contribution in [0.1, 0.15) is 27.2 Å². The molecule has 0 aromatic carbocycles. The zero-order valence-electron chi connectivity index (χ0n) is 9.29. The van der Waals surface area contributed by atoms with Gasteiger partial charge < -0.3 is 16.2 Å². The Kier molecular flexibility index (Phi) is 6.49. The summed E-state index contributed by atoms with van der Waals surface area (Å²) in [7, 11) is 0. The predicted octanol–water partition coefficient (Wildman–Crippen LogP) is 0.104. The van der Waals surface area contributed by atoms with Gasteiger partial charge in [-0.2, -0.15) is 0 Å². The maximum atomic E-state index is 11.4. The third kappa shape index (κ3) is 5.19. The number of carbonyl (C=O) groups is 1. The first kappa shape index (κ1) is 13.4. The minimum atomic E-state index is -0.434. The lowest BCUT2D eigenvalue weighted by Crippen LogP contribution is -2.45. The molecule has 84 valence electrons. The van der Waals surface area contributed by atoms with E-state index in [2.05, 4.69) is 5.32 Å². The van der Waals surface area contributed by atoms with Gasteiger partial charge in [0.15, 0.2) is 0 Å². The van der Waals surface area contributed by atoms with E-state index < -0.39 is 6.04 Å². The average Bonchev–Trinajstić information content (AvgIpc) is 2.13. The summed E-state index contributed by atoms with van der Waals surface area (Å²) in [5.41, 5.74) is 5.66. The molecule has 0 bridgehead atoms. The minimum absolute atomic E-state index is 0.107. The Morgan fingerprint density at radius 3 is 2.43 bits per heavy atom. The standard InChI is InChI=1S/C10H22N2O2/c1-7(2)9(11)10(14)12-6-8(3)4-5-13/h7-9,13H,4-6,11H2,1-3H3,(H,12,14). The molecule has 2 unspecified atom stereocenters. The number of aliphatic hydroxyl groups excluding tert-OH is 1. The summed E-state index contributed by atoms with van der Waals surface area (Å²) in [4.78, 5) is 11.4. The lowest BCUT2D eigenvalue weighted by Gasteiger charge is -2.17. The third-order valence-electron chi connectivity index (χ3n) is 2.27. The van der Waals surface area contributed by atoms with Crippen molar-refractivity contribution in [1.82, 2.24) is 5.32 Å². The summed E-state index contributed by atoms with van der Waals surface area (Å²) < 4.78 is 0. The Hall–Kier alpha value is -0.610. The summed E-state index contributed by atoms with van der Waals surface area (Å²) in [6, 6.07) is -0.434. The van der Waals surface area contributed by atoms with E-state index in [1.54, 1.807) is 0 Å². The van der Waals surface area contributed by atoms with Crippen LogP contribution >= 0.6 is 0 Å². The van der Waals surface area contributed by atoms with Crippen LogP contribution in [-0.2, 0) is 4.79 Å². The van der Waals surface area contributed by atoms with Crippen molar-refractivity contribution in [2.45, 2.75) is 33.2 Å².